The van der Waals surface area contributed by atoms with Gasteiger partial charge in [0.25, 0.3) is 10.0 Å². The lowest BCUT2D eigenvalue weighted by molar-refractivity contribution is 0.267. The van der Waals surface area contributed by atoms with Crippen molar-refractivity contribution in [3.63, 3.8) is 0 Å². The van der Waals surface area contributed by atoms with Gasteiger partial charge in [-0.1, -0.05) is 29.8 Å². The Kier molecular flexibility index (Phi) is 4.34. The Balaban J connectivity index is 2.00. The van der Waals surface area contributed by atoms with Crippen LogP contribution in [0.3, 0.4) is 0 Å². The first-order valence-electron chi connectivity index (χ1n) is 8.68. The molecule has 1 aliphatic rings. The number of aromatic nitrogens is 1. The molecule has 2 aromatic carbocycles. The van der Waals surface area contributed by atoms with E-state index in [-0.39, 0.29) is 0 Å². The number of likely N-dealkylation sites (N-methyl/N-ethyl adjacent to an activating group) is 1. The number of hydrogen-bond donors (Lipinski definition) is 0. The van der Waals surface area contributed by atoms with E-state index < -0.39 is 10.0 Å². The van der Waals surface area contributed by atoms with Crippen LogP contribution in [-0.2, 0) is 22.9 Å². The fourth-order valence-electron chi connectivity index (χ4n) is 3.88. The van der Waals surface area contributed by atoms with Gasteiger partial charge in [-0.05, 0) is 69.3 Å². The molecule has 0 spiro atoms. The van der Waals surface area contributed by atoms with E-state index in [0.29, 0.717) is 21.5 Å². The second-order valence-electron chi connectivity index (χ2n) is 7.03. The molecule has 1 unspecified atom stereocenters. The van der Waals surface area contributed by atoms with E-state index in [0.717, 1.165) is 35.9 Å². The molecule has 0 aliphatic heterocycles. The van der Waals surface area contributed by atoms with Crippen LogP contribution in [0.1, 0.15) is 17.7 Å². The Bertz CT molecular complexity index is 1070. The largest absolute Gasteiger partial charge is 0.306 e. The number of fused-ring (bicyclic) bond motifs is 3. The van der Waals surface area contributed by atoms with Crippen molar-refractivity contribution >= 4 is 32.5 Å². The Morgan fingerprint density at radius 1 is 1.12 bits per heavy atom. The van der Waals surface area contributed by atoms with Crippen molar-refractivity contribution in [3.8, 4) is 0 Å². The predicted octanol–water partition coefficient (Wildman–Crippen LogP) is 3.95. The molecule has 1 aliphatic carbocycles. The fourth-order valence-corrected chi connectivity index (χ4v) is 5.68. The summed E-state index contributed by atoms with van der Waals surface area (Å²) in [6, 6.07) is 14.5. The molecular formula is C20H21ClN2O2S. The van der Waals surface area contributed by atoms with Gasteiger partial charge in [0.1, 0.15) is 0 Å². The topological polar surface area (TPSA) is 42.3 Å². The van der Waals surface area contributed by atoms with Gasteiger partial charge >= 0.3 is 0 Å². The van der Waals surface area contributed by atoms with Gasteiger partial charge in [-0.3, -0.25) is 0 Å². The highest BCUT2D eigenvalue weighted by molar-refractivity contribution is 7.90. The predicted molar refractivity (Wildman–Crippen MR) is 105 cm³/mol. The van der Waals surface area contributed by atoms with Crippen molar-refractivity contribution in [1.82, 2.24) is 8.87 Å². The van der Waals surface area contributed by atoms with E-state index in [1.165, 1.54) is 3.97 Å². The molecule has 1 aromatic heterocycles. The molecule has 0 N–H and O–H groups in total. The van der Waals surface area contributed by atoms with Crippen LogP contribution in [0.15, 0.2) is 53.4 Å². The lowest BCUT2D eigenvalue weighted by Gasteiger charge is -2.29. The monoisotopic (exact) mass is 388 g/mol. The molecule has 136 valence electrons. The van der Waals surface area contributed by atoms with Gasteiger partial charge in [0.15, 0.2) is 0 Å². The van der Waals surface area contributed by atoms with E-state index in [9.17, 15) is 8.42 Å². The summed E-state index contributed by atoms with van der Waals surface area (Å²) >= 11 is 6.23. The summed E-state index contributed by atoms with van der Waals surface area (Å²) in [5.74, 6) is 0. The third-order valence-electron chi connectivity index (χ3n) is 5.26. The van der Waals surface area contributed by atoms with E-state index in [4.69, 9.17) is 11.6 Å². The lowest BCUT2D eigenvalue weighted by atomic mass is 9.91. The molecule has 3 aromatic rings. The summed E-state index contributed by atoms with van der Waals surface area (Å²) in [7, 11) is 0.490. The first-order chi connectivity index (χ1) is 12.4. The molecule has 0 amide bonds. The smallest absolute Gasteiger partial charge is 0.268 e. The van der Waals surface area contributed by atoms with Gasteiger partial charge in [0, 0.05) is 22.1 Å². The van der Waals surface area contributed by atoms with E-state index >= 15 is 0 Å². The standard InChI is InChI=1S/C20H21ClN2O2S/c1-22(2)15-9-11-20-18(13-15)17-12-14(21)8-10-19(17)23(20)26(24,25)16-6-4-3-5-7-16/h3-8,10,12,15H,9,11,13H2,1-2H3. The second-order valence-corrected chi connectivity index (χ2v) is 9.25. The highest BCUT2D eigenvalue weighted by Gasteiger charge is 2.31. The zero-order valence-electron chi connectivity index (χ0n) is 14.8. The molecule has 0 radical (unpaired) electrons. The van der Waals surface area contributed by atoms with Crippen LogP contribution in [-0.4, -0.2) is 37.4 Å². The minimum absolute atomic E-state index is 0.310. The Morgan fingerprint density at radius 3 is 2.54 bits per heavy atom. The molecule has 0 saturated carbocycles. The fraction of sp³-hybridized carbons (Fsp3) is 0.300. The third kappa shape index (κ3) is 2.75. The van der Waals surface area contributed by atoms with Crippen LogP contribution in [0.5, 0.6) is 0 Å². The molecule has 4 rings (SSSR count). The number of nitrogens with zero attached hydrogens (tertiary/aromatic N) is 2. The highest BCUT2D eigenvalue weighted by atomic mass is 35.5. The van der Waals surface area contributed by atoms with Crippen LogP contribution >= 0.6 is 11.6 Å². The third-order valence-corrected chi connectivity index (χ3v) is 7.26. The van der Waals surface area contributed by atoms with Crippen LogP contribution in [0.2, 0.25) is 5.02 Å². The first-order valence-corrected chi connectivity index (χ1v) is 10.5. The van der Waals surface area contributed by atoms with Crippen LogP contribution in [0.4, 0.5) is 0 Å². The van der Waals surface area contributed by atoms with Gasteiger partial charge in [0.05, 0.1) is 10.4 Å². The van der Waals surface area contributed by atoms with Gasteiger partial charge in [-0.25, -0.2) is 12.4 Å². The Morgan fingerprint density at radius 2 is 1.85 bits per heavy atom. The van der Waals surface area contributed by atoms with Gasteiger partial charge in [-0.2, -0.15) is 0 Å². The maximum absolute atomic E-state index is 13.4. The Hall–Kier alpha value is -1.82. The van der Waals surface area contributed by atoms with Crippen molar-refractivity contribution in [2.45, 2.75) is 30.2 Å². The number of hydrogen-bond acceptors (Lipinski definition) is 3. The highest BCUT2D eigenvalue weighted by Crippen LogP contribution is 2.37. The van der Waals surface area contributed by atoms with E-state index in [2.05, 4.69) is 19.0 Å². The number of benzene rings is 2. The van der Waals surface area contributed by atoms with Crippen molar-refractivity contribution in [2.24, 2.45) is 0 Å². The molecule has 0 bridgehead atoms. The number of rotatable bonds is 3. The van der Waals surface area contributed by atoms with Crippen LogP contribution in [0.25, 0.3) is 10.9 Å². The summed E-state index contributed by atoms with van der Waals surface area (Å²) in [6.45, 7) is 0. The van der Waals surface area contributed by atoms with Gasteiger partial charge in [-0.15, -0.1) is 0 Å². The molecule has 1 atom stereocenters. The molecule has 0 saturated heterocycles. The molecule has 6 heteroatoms. The van der Waals surface area contributed by atoms with E-state index in [1.807, 2.05) is 18.2 Å². The number of halogens is 1. The van der Waals surface area contributed by atoms with Crippen molar-refractivity contribution < 1.29 is 8.42 Å². The van der Waals surface area contributed by atoms with E-state index in [1.54, 1.807) is 30.3 Å². The van der Waals surface area contributed by atoms with Gasteiger partial charge in [0.2, 0.25) is 0 Å². The summed E-state index contributed by atoms with van der Waals surface area (Å²) in [5, 5.41) is 1.57. The Labute approximate surface area is 159 Å². The minimum atomic E-state index is -3.65. The maximum Gasteiger partial charge on any atom is 0.268 e. The average Bonchev–Trinajstić information content (AvgIpc) is 2.96. The van der Waals surface area contributed by atoms with Crippen molar-refractivity contribution in [1.29, 1.82) is 0 Å². The zero-order chi connectivity index (χ0) is 18.5. The van der Waals surface area contributed by atoms with Crippen LogP contribution in [0, 0.1) is 0 Å². The molecule has 4 nitrogen and oxygen atoms in total. The van der Waals surface area contributed by atoms with Gasteiger partial charge < -0.3 is 4.90 Å². The minimum Gasteiger partial charge on any atom is -0.306 e. The lowest BCUT2D eigenvalue weighted by Crippen LogP contribution is -2.34. The normalized spacial score (nSPS) is 17.6. The van der Waals surface area contributed by atoms with Crippen molar-refractivity contribution in [3.05, 3.63) is 64.8 Å². The summed E-state index contributed by atoms with van der Waals surface area (Å²) in [5.41, 5.74) is 2.71. The van der Waals surface area contributed by atoms with Crippen molar-refractivity contribution in [2.75, 3.05) is 14.1 Å². The molecule has 0 fully saturated rings. The quantitative estimate of drug-likeness (QED) is 0.682. The molecular weight excluding hydrogens is 368 g/mol. The first kappa shape index (κ1) is 17.6. The summed E-state index contributed by atoms with van der Waals surface area (Å²) in [4.78, 5) is 2.52. The molecule has 26 heavy (non-hydrogen) atoms. The maximum atomic E-state index is 13.4. The summed E-state index contributed by atoms with van der Waals surface area (Å²) < 4.78 is 28.3. The zero-order valence-corrected chi connectivity index (χ0v) is 16.4. The SMILES string of the molecule is CN(C)C1CCc2c(c3cc(Cl)ccc3n2S(=O)(=O)c2ccccc2)C1. The molecule has 1 heterocycles. The van der Waals surface area contributed by atoms with Crippen LogP contribution < -0.4 is 0 Å². The average molecular weight is 389 g/mol. The second kappa shape index (κ2) is 6.41. The summed E-state index contributed by atoms with van der Waals surface area (Å²) in [6.07, 6.45) is 2.50.